The molecule has 0 aliphatic rings. The first-order valence-electron chi connectivity index (χ1n) is 6.34. The zero-order chi connectivity index (χ0) is 12.3. The van der Waals surface area contributed by atoms with Crippen molar-refractivity contribution in [1.29, 1.82) is 0 Å². The number of nitrogens with one attached hydrogen (secondary N) is 1. The van der Waals surface area contributed by atoms with E-state index in [1.165, 1.54) is 5.56 Å². The largest absolute Gasteiger partial charge is 0.493 e. The van der Waals surface area contributed by atoms with Crippen molar-refractivity contribution in [2.24, 2.45) is 0 Å². The van der Waals surface area contributed by atoms with Gasteiger partial charge in [-0.1, -0.05) is 24.6 Å². The molecule has 0 unspecified atom stereocenters. The Morgan fingerprint density at radius 2 is 1.88 bits per heavy atom. The van der Waals surface area contributed by atoms with Gasteiger partial charge in [0.2, 0.25) is 0 Å². The Labute approximate surface area is 104 Å². The predicted octanol–water partition coefficient (Wildman–Crippen LogP) is 2.34. The Bertz CT molecular complexity index is 302. The molecule has 0 saturated carbocycles. The summed E-state index contributed by atoms with van der Waals surface area (Å²) < 4.78 is 5.77. The van der Waals surface area contributed by atoms with Crippen LogP contribution in [0.1, 0.15) is 31.2 Å². The third-order valence-electron chi connectivity index (χ3n) is 2.65. The van der Waals surface area contributed by atoms with E-state index in [4.69, 9.17) is 9.84 Å². The zero-order valence-electron chi connectivity index (χ0n) is 10.6. The number of rotatable bonds is 9. The van der Waals surface area contributed by atoms with E-state index in [-0.39, 0.29) is 0 Å². The van der Waals surface area contributed by atoms with Crippen molar-refractivity contribution in [3.05, 3.63) is 29.8 Å². The monoisotopic (exact) mass is 237 g/mol. The summed E-state index contributed by atoms with van der Waals surface area (Å²) in [4.78, 5) is 0. The summed E-state index contributed by atoms with van der Waals surface area (Å²) in [6.07, 6.45) is 4.15. The first-order valence-corrected chi connectivity index (χ1v) is 6.34. The fourth-order valence-corrected chi connectivity index (χ4v) is 1.73. The minimum absolute atomic E-state index is 0.297. The van der Waals surface area contributed by atoms with Crippen molar-refractivity contribution < 1.29 is 9.84 Å². The summed E-state index contributed by atoms with van der Waals surface area (Å²) in [5, 5.41) is 11.8. The van der Waals surface area contributed by atoms with Crippen LogP contribution in [0.3, 0.4) is 0 Å². The maximum absolute atomic E-state index is 8.66. The maximum Gasteiger partial charge on any atom is 0.123 e. The fourth-order valence-electron chi connectivity index (χ4n) is 1.73. The van der Waals surface area contributed by atoms with Gasteiger partial charge in [-0.15, -0.1) is 0 Å². The van der Waals surface area contributed by atoms with Gasteiger partial charge in [-0.3, -0.25) is 0 Å². The number of ether oxygens (including phenoxy) is 1. The predicted molar refractivity (Wildman–Crippen MR) is 70.3 cm³/mol. The fraction of sp³-hybridized carbons (Fsp3) is 0.571. The molecule has 0 heterocycles. The maximum atomic E-state index is 8.66. The topological polar surface area (TPSA) is 41.5 Å². The van der Waals surface area contributed by atoms with Crippen molar-refractivity contribution in [1.82, 2.24) is 5.32 Å². The molecule has 0 radical (unpaired) electrons. The Morgan fingerprint density at radius 3 is 2.65 bits per heavy atom. The Kier molecular flexibility index (Phi) is 7.43. The van der Waals surface area contributed by atoms with Crippen LogP contribution in [0.2, 0.25) is 0 Å². The van der Waals surface area contributed by atoms with Crippen molar-refractivity contribution >= 4 is 0 Å². The van der Waals surface area contributed by atoms with E-state index in [2.05, 4.69) is 11.4 Å². The molecule has 0 atom stereocenters. The van der Waals surface area contributed by atoms with Crippen LogP contribution in [0.15, 0.2) is 24.3 Å². The summed E-state index contributed by atoms with van der Waals surface area (Å²) in [6.45, 7) is 1.89. The quantitative estimate of drug-likeness (QED) is 0.648. The minimum atomic E-state index is 0.297. The van der Waals surface area contributed by atoms with Crippen molar-refractivity contribution in [2.75, 3.05) is 20.3 Å². The number of unbranched alkanes of at least 4 members (excludes halogenated alkanes) is 3. The number of hydrogen-bond acceptors (Lipinski definition) is 3. The molecule has 3 heteroatoms. The molecule has 0 aliphatic carbocycles. The Morgan fingerprint density at radius 1 is 1.12 bits per heavy atom. The first kappa shape index (κ1) is 14.0. The first-order chi connectivity index (χ1) is 8.38. The highest BCUT2D eigenvalue weighted by Gasteiger charge is 2.01. The average Bonchev–Trinajstić information content (AvgIpc) is 2.36. The van der Waals surface area contributed by atoms with Crippen LogP contribution in [0.25, 0.3) is 0 Å². The normalized spacial score (nSPS) is 10.5. The summed E-state index contributed by atoms with van der Waals surface area (Å²) in [5.74, 6) is 0.976. The number of aliphatic hydroxyl groups is 1. The third kappa shape index (κ3) is 5.71. The van der Waals surface area contributed by atoms with Gasteiger partial charge in [-0.05, 0) is 32.4 Å². The van der Waals surface area contributed by atoms with E-state index in [1.807, 2.05) is 25.2 Å². The molecule has 0 spiro atoms. The second kappa shape index (κ2) is 9.02. The highest BCUT2D eigenvalue weighted by Crippen LogP contribution is 2.18. The lowest BCUT2D eigenvalue weighted by Crippen LogP contribution is -2.08. The smallest absolute Gasteiger partial charge is 0.123 e. The van der Waals surface area contributed by atoms with Crippen LogP contribution in [0.4, 0.5) is 0 Å². The van der Waals surface area contributed by atoms with Crippen LogP contribution >= 0.6 is 0 Å². The van der Waals surface area contributed by atoms with Gasteiger partial charge < -0.3 is 15.2 Å². The number of aliphatic hydroxyl groups excluding tert-OH is 1. The highest BCUT2D eigenvalue weighted by atomic mass is 16.5. The van der Waals surface area contributed by atoms with Gasteiger partial charge in [0.1, 0.15) is 5.75 Å². The Hall–Kier alpha value is -1.06. The van der Waals surface area contributed by atoms with Gasteiger partial charge in [0.25, 0.3) is 0 Å². The lowest BCUT2D eigenvalue weighted by molar-refractivity contribution is 0.272. The van der Waals surface area contributed by atoms with Gasteiger partial charge in [0.05, 0.1) is 6.61 Å². The molecular formula is C14H23NO2. The van der Waals surface area contributed by atoms with Gasteiger partial charge in [-0.25, -0.2) is 0 Å². The second-order valence-corrected chi connectivity index (χ2v) is 4.12. The molecule has 0 aromatic heterocycles. The average molecular weight is 237 g/mol. The summed E-state index contributed by atoms with van der Waals surface area (Å²) in [5.41, 5.74) is 1.20. The van der Waals surface area contributed by atoms with E-state index >= 15 is 0 Å². The summed E-state index contributed by atoms with van der Waals surface area (Å²) >= 11 is 0. The zero-order valence-corrected chi connectivity index (χ0v) is 10.6. The van der Waals surface area contributed by atoms with E-state index in [0.29, 0.717) is 6.61 Å². The molecule has 1 aromatic carbocycles. The van der Waals surface area contributed by atoms with Crippen LogP contribution in [-0.4, -0.2) is 25.4 Å². The molecule has 1 rings (SSSR count). The van der Waals surface area contributed by atoms with Gasteiger partial charge in [0.15, 0.2) is 0 Å². The molecule has 17 heavy (non-hydrogen) atoms. The highest BCUT2D eigenvalue weighted by molar-refractivity contribution is 5.33. The van der Waals surface area contributed by atoms with Crippen LogP contribution < -0.4 is 10.1 Å². The summed E-state index contributed by atoms with van der Waals surface area (Å²) in [6, 6.07) is 8.12. The molecular weight excluding hydrogens is 214 g/mol. The van der Waals surface area contributed by atoms with Crippen molar-refractivity contribution in [2.45, 2.75) is 32.2 Å². The van der Waals surface area contributed by atoms with Crippen LogP contribution in [0, 0.1) is 0 Å². The molecule has 0 amide bonds. The lowest BCUT2D eigenvalue weighted by Gasteiger charge is -2.10. The van der Waals surface area contributed by atoms with Gasteiger partial charge in [-0.2, -0.15) is 0 Å². The molecule has 0 aliphatic heterocycles. The van der Waals surface area contributed by atoms with Crippen LogP contribution in [0.5, 0.6) is 5.75 Å². The summed E-state index contributed by atoms with van der Waals surface area (Å²) in [7, 11) is 1.94. The number of hydrogen-bond donors (Lipinski definition) is 2. The molecule has 3 nitrogen and oxygen atoms in total. The van der Waals surface area contributed by atoms with Crippen molar-refractivity contribution in [3.63, 3.8) is 0 Å². The molecule has 0 bridgehead atoms. The van der Waals surface area contributed by atoms with E-state index < -0.39 is 0 Å². The number of para-hydroxylation sites is 1. The lowest BCUT2D eigenvalue weighted by atomic mass is 10.2. The SMILES string of the molecule is CNCc1ccccc1OCCCCCCO. The standard InChI is InChI=1S/C14H23NO2/c1-15-12-13-8-4-5-9-14(13)17-11-7-3-2-6-10-16/h4-5,8-9,15-16H,2-3,6-7,10-12H2,1H3. The minimum Gasteiger partial charge on any atom is -0.493 e. The number of benzene rings is 1. The van der Waals surface area contributed by atoms with Crippen molar-refractivity contribution in [3.8, 4) is 5.75 Å². The Balaban J connectivity index is 2.25. The molecule has 0 saturated heterocycles. The second-order valence-electron chi connectivity index (χ2n) is 4.12. The molecule has 2 N–H and O–H groups in total. The molecule has 96 valence electrons. The van der Waals surface area contributed by atoms with Gasteiger partial charge in [0, 0.05) is 18.7 Å². The van der Waals surface area contributed by atoms with Crippen LogP contribution in [-0.2, 0) is 6.54 Å². The van der Waals surface area contributed by atoms with E-state index in [0.717, 1.165) is 44.6 Å². The molecule has 1 aromatic rings. The van der Waals surface area contributed by atoms with E-state index in [1.54, 1.807) is 0 Å². The van der Waals surface area contributed by atoms with Gasteiger partial charge >= 0.3 is 0 Å². The molecule has 0 fully saturated rings. The van der Waals surface area contributed by atoms with E-state index in [9.17, 15) is 0 Å². The third-order valence-corrected chi connectivity index (χ3v) is 2.65.